The van der Waals surface area contributed by atoms with Gasteiger partial charge in [0.25, 0.3) is 0 Å². The van der Waals surface area contributed by atoms with Gasteiger partial charge in [-0.25, -0.2) is 9.43 Å². The highest BCUT2D eigenvalue weighted by molar-refractivity contribution is 7.87. The molecule has 0 fully saturated rings. The van der Waals surface area contributed by atoms with E-state index in [9.17, 15) is 5.26 Å². The fraction of sp³-hybridized carbons (Fsp3) is 0.0435. The Labute approximate surface area is 164 Å². The van der Waals surface area contributed by atoms with Crippen LogP contribution in [0.4, 0.5) is 5.82 Å². The molecule has 1 heterocycles. The average Bonchev–Trinajstić information content (AvgIpc) is 3.13. The molecule has 28 heavy (non-hydrogen) atoms. The lowest BCUT2D eigenvalue weighted by molar-refractivity contribution is 0.771. The first-order valence-corrected chi connectivity index (χ1v) is 10.7. The van der Waals surface area contributed by atoms with Crippen molar-refractivity contribution in [2.45, 2.75) is 0 Å². The minimum Gasteiger partial charge on any atom is -0.250 e. The van der Waals surface area contributed by atoms with E-state index in [-0.39, 0.29) is 0 Å². The number of benzene rings is 3. The molecule has 1 aromatic heterocycles. The van der Waals surface area contributed by atoms with E-state index in [4.69, 9.17) is 4.74 Å². The predicted molar refractivity (Wildman–Crippen MR) is 115 cm³/mol. The molecule has 0 radical (unpaired) electrons. The average molecular weight is 382 g/mol. The molecule has 0 amide bonds. The van der Waals surface area contributed by atoms with Crippen molar-refractivity contribution in [3.05, 3.63) is 103 Å². The quantitative estimate of drug-likeness (QED) is 0.499. The predicted octanol–water partition coefficient (Wildman–Crippen LogP) is 4.10. The Kier molecular flexibility index (Phi) is 4.93. The van der Waals surface area contributed by atoms with Gasteiger partial charge < -0.3 is 0 Å². The van der Waals surface area contributed by atoms with Gasteiger partial charge in [-0.3, -0.25) is 0 Å². The smallest absolute Gasteiger partial charge is 0.167 e. The molecule has 3 aromatic carbocycles. The van der Waals surface area contributed by atoms with Gasteiger partial charge in [0.15, 0.2) is 5.82 Å². The van der Waals surface area contributed by atoms with Gasteiger partial charge in [0.2, 0.25) is 0 Å². The molecule has 0 spiro atoms. The third-order valence-corrected chi connectivity index (χ3v) is 8.29. The Hall–Kier alpha value is -3.41. The third-order valence-electron chi connectivity index (χ3n) is 4.66. The molecule has 0 N–H and O–H groups in total. The molecule has 5 heteroatoms. The number of nitriles is 1. The zero-order chi connectivity index (χ0) is 19.4. The van der Waals surface area contributed by atoms with Crippen molar-refractivity contribution >= 4 is 28.8 Å². The van der Waals surface area contributed by atoms with Crippen LogP contribution in [0.3, 0.4) is 0 Å². The Morgan fingerprint density at radius 3 is 1.61 bits per heavy atom. The van der Waals surface area contributed by atoms with Crippen molar-refractivity contribution in [1.29, 1.82) is 5.26 Å². The van der Waals surface area contributed by atoms with E-state index in [1.807, 2.05) is 61.6 Å². The van der Waals surface area contributed by atoms with Crippen LogP contribution in [0.25, 0.3) is 0 Å². The summed E-state index contributed by atoms with van der Waals surface area (Å²) in [5.41, 5.74) is 0.481. The number of aromatic nitrogens is 2. The van der Waals surface area contributed by atoms with Crippen molar-refractivity contribution in [3.8, 4) is 6.07 Å². The zero-order valence-electron chi connectivity index (χ0n) is 15.5. The van der Waals surface area contributed by atoms with E-state index >= 15 is 0 Å². The van der Waals surface area contributed by atoms with Gasteiger partial charge >= 0.3 is 0 Å². The second kappa shape index (κ2) is 7.68. The molecule has 136 valence electrons. The minimum atomic E-state index is -2.40. The molecule has 0 unspecified atom stereocenters. The van der Waals surface area contributed by atoms with Crippen LogP contribution in [0.5, 0.6) is 0 Å². The molecule has 0 aliphatic carbocycles. The van der Waals surface area contributed by atoms with Gasteiger partial charge in [-0.2, -0.15) is 10.4 Å². The molecule has 0 bridgehead atoms. The van der Waals surface area contributed by atoms with E-state index in [0.717, 1.165) is 15.9 Å². The Morgan fingerprint density at radius 2 is 1.21 bits per heavy atom. The van der Waals surface area contributed by atoms with Gasteiger partial charge in [-0.15, -0.1) is 0 Å². The number of rotatable bonds is 4. The Bertz CT molecular complexity index is 1070. The second-order valence-corrected chi connectivity index (χ2v) is 9.38. The lowest BCUT2D eigenvalue weighted by Crippen LogP contribution is -2.25. The van der Waals surface area contributed by atoms with Crippen LogP contribution in [0.2, 0.25) is 0 Å². The Balaban J connectivity index is 2.19. The van der Waals surface area contributed by atoms with Gasteiger partial charge in [-0.05, 0) is 0 Å². The van der Waals surface area contributed by atoms with E-state index in [1.54, 1.807) is 10.9 Å². The molecule has 0 aliphatic heterocycles. The van der Waals surface area contributed by atoms with Crippen LogP contribution < -0.4 is 15.9 Å². The summed E-state index contributed by atoms with van der Waals surface area (Å²) in [7, 11) is -0.567. The largest absolute Gasteiger partial charge is 0.250 e. The lowest BCUT2D eigenvalue weighted by atomic mass is 10.4. The summed E-state index contributed by atoms with van der Waals surface area (Å²) < 4.78 is 7.00. The summed E-state index contributed by atoms with van der Waals surface area (Å²) in [6.07, 6.45) is 1.58. The molecule has 4 aromatic rings. The zero-order valence-corrected chi connectivity index (χ0v) is 16.4. The van der Waals surface area contributed by atoms with Crippen molar-refractivity contribution in [2.24, 2.45) is 11.8 Å². The van der Waals surface area contributed by atoms with E-state index < -0.39 is 7.05 Å². The van der Waals surface area contributed by atoms with Crippen LogP contribution in [0, 0.1) is 11.3 Å². The molecule has 0 saturated heterocycles. The maximum absolute atomic E-state index is 9.59. The second-order valence-electron chi connectivity index (χ2n) is 6.36. The van der Waals surface area contributed by atoms with E-state index in [2.05, 4.69) is 47.6 Å². The summed E-state index contributed by atoms with van der Waals surface area (Å²) in [5, 5.41) is 17.3. The number of aryl methyl sites for hydroxylation is 1. The first-order valence-electron chi connectivity index (χ1n) is 8.97. The summed E-state index contributed by atoms with van der Waals surface area (Å²) in [6.45, 7) is 0. The fourth-order valence-corrected chi connectivity index (χ4v) is 6.90. The van der Waals surface area contributed by atoms with Crippen LogP contribution >= 0.6 is 7.05 Å². The first kappa shape index (κ1) is 18.0. The van der Waals surface area contributed by atoms with Crippen LogP contribution in [0.15, 0.2) is 102 Å². The molecule has 0 aliphatic rings. The highest BCUT2D eigenvalue weighted by Gasteiger charge is 2.28. The minimum absolute atomic E-state index is 0.481. The Morgan fingerprint density at radius 1 is 0.786 bits per heavy atom. The SMILES string of the molecule is Cn1ncc(C#N)c1N=P(c1ccccc1)(c1ccccc1)c1ccccc1. The van der Waals surface area contributed by atoms with Crippen molar-refractivity contribution < 1.29 is 0 Å². The van der Waals surface area contributed by atoms with Crippen LogP contribution in [-0.4, -0.2) is 9.78 Å². The maximum Gasteiger partial charge on any atom is 0.167 e. The normalized spacial score (nSPS) is 11.0. The molecular formula is C23H19N4P. The number of hydrogen-bond acceptors (Lipinski definition) is 3. The van der Waals surface area contributed by atoms with Gasteiger partial charge in [0.1, 0.15) is 11.6 Å². The molecule has 0 atom stereocenters. The summed E-state index contributed by atoms with van der Waals surface area (Å²) >= 11 is 0. The first-order chi connectivity index (χ1) is 13.8. The fourth-order valence-electron chi connectivity index (χ4n) is 3.32. The van der Waals surface area contributed by atoms with Crippen molar-refractivity contribution in [1.82, 2.24) is 9.78 Å². The standard InChI is InChI=1S/C23H19N4P/c1-27-23(19(17-24)18-25-27)26-28(20-11-5-2-6-12-20,21-13-7-3-8-14-21)22-15-9-4-10-16-22/h2-16,18H,1H3. The molecule has 4 rings (SSSR count). The summed E-state index contributed by atoms with van der Waals surface area (Å²) in [4.78, 5) is 0. The molecule has 4 nitrogen and oxygen atoms in total. The summed E-state index contributed by atoms with van der Waals surface area (Å²) in [6, 6.07) is 33.3. The van der Waals surface area contributed by atoms with Gasteiger partial charge in [0.05, 0.1) is 13.3 Å². The van der Waals surface area contributed by atoms with E-state index in [1.165, 1.54) is 0 Å². The summed E-state index contributed by atoms with van der Waals surface area (Å²) in [5.74, 6) is 0.604. The van der Waals surface area contributed by atoms with Crippen LogP contribution in [0.1, 0.15) is 5.56 Å². The number of hydrogen-bond donors (Lipinski definition) is 0. The topological polar surface area (TPSA) is 54.0 Å². The monoisotopic (exact) mass is 382 g/mol. The lowest BCUT2D eigenvalue weighted by Gasteiger charge is -2.26. The van der Waals surface area contributed by atoms with Crippen LogP contribution in [-0.2, 0) is 7.05 Å². The van der Waals surface area contributed by atoms with Gasteiger partial charge in [0, 0.05) is 23.0 Å². The highest BCUT2D eigenvalue weighted by Crippen LogP contribution is 2.49. The number of nitrogens with zero attached hydrogens (tertiary/aromatic N) is 4. The third kappa shape index (κ3) is 3.07. The van der Waals surface area contributed by atoms with E-state index in [0.29, 0.717) is 11.4 Å². The maximum atomic E-state index is 9.59. The highest BCUT2D eigenvalue weighted by atomic mass is 31.2. The van der Waals surface area contributed by atoms with Gasteiger partial charge in [-0.1, -0.05) is 91.0 Å². The molecular weight excluding hydrogens is 363 g/mol. The van der Waals surface area contributed by atoms with Crippen molar-refractivity contribution in [2.75, 3.05) is 0 Å². The molecule has 0 saturated carbocycles. The van der Waals surface area contributed by atoms with Crippen molar-refractivity contribution in [3.63, 3.8) is 0 Å².